The largest absolute Gasteiger partial charge is 0.454 e. The number of rotatable bonds is 5. The van der Waals surface area contributed by atoms with E-state index in [9.17, 15) is 9.90 Å². The predicted molar refractivity (Wildman–Crippen MR) is 70.4 cm³/mol. The second kappa shape index (κ2) is 5.93. The number of ether oxygens (including phenoxy) is 2. The monoisotopic (exact) mass is 265 g/mol. The molecule has 0 radical (unpaired) electrons. The van der Waals surface area contributed by atoms with Crippen LogP contribution in [0.15, 0.2) is 18.2 Å². The van der Waals surface area contributed by atoms with Crippen LogP contribution in [0.4, 0.5) is 0 Å². The highest BCUT2D eigenvalue weighted by atomic mass is 16.7. The Morgan fingerprint density at radius 1 is 1.37 bits per heavy atom. The van der Waals surface area contributed by atoms with Crippen molar-refractivity contribution in [3.05, 3.63) is 23.8 Å². The van der Waals surface area contributed by atoms with E-state index in [1.54, 1.807) is 18.2 Å². The van der Waals surface area contributed by atoms with Crippen LogP contribution in [0.2, 0.25) is 0 Å². The van der Waals surface area contributed by atoms with Gasteiger partial charge in [-0.3, -0.25) is 4.79 Å². The molecule has 19 heavy (non-hydrogen) atoms. The fraction of sp³-hybridized carbons (Fsp3) is 0.500. The van der Waals surface area contributed by atoms with Crippen molar-refractivity contribution in [3.8, 4) is 11.5 Å². The molecule has 0 bridgehead atoms. The predicted octanol–water partition coefficient (Wildman–Crippen LogP) is 1.55. The Morgan fingerprint density at radius 2 is 2.11 bits per heavy atom. The number of amides is 1. The highest BCUT2D eigenvalue weighted by Gasteiger charge is 2.18. The average Bonchev–Trinajstić information content (AvgIpc) is 2.84. The third-order valence-corrected chi connectivity index (χ3v) is 2.95. The van der Waals surface area contributed by atoms with Crippen LogP contribution in [0.5, 0.6) is 11.5 Å². The highest BCUT2D eigenvalue weighted by Crippen LogP contribution is 2.32. The van der Waals surface area contributed by atoms with E-state index in [1.165, 1.54) is 0 Å². The first-order valence-electron chi connectivity index (χ1n) is 6.41. The maximum Gasteiger partial charge on any atom is 0.251 e. The minimum absolute atomic E-state index is 0.0610. The van der Waals surface area contributed by atoms with Crippen molar-refractivity contribution in [1.82, 2.24) is 5.32 Å². The minimum atomic E-state index is -0.224. The molecular formula is C14H19NO4. The van der Waals surface area contributed by atoms with Crippen molar-refractivity contribution >= 4 is 5.91 Å². The summed E-state index contributed by atoms with van der Waals surface area (Å²) in [6.45, 7) is 4.23. The van der Waals surface area contributed by atoms with E-state index in [1.807, 2.05) is 0 Å². The van der Waals surface area contributed by atoms with Gasteiger partial charge in [-0.2, -0.15) is 0 Å². The normalized spacial score (nSPS) is 14.5. The summed E-state index contributed by atoms with van der Waals surface area (Å²) < 4.78 is 10.4. The highest BCUT2D eigenvalue weighted by molar-refractivity contribution is 5.95. The first kappa shape index (κ1) is 13.7. The van der Waals surface area contributed by atoms with Crippen LogP contribution in [0, 0.1) is 5.92 Å². The number of hydrogen-bond acceptors (Lipinski definition) is 4. The molecule has 5 nitrogen and oxygen atoms in total. The molecule has 1 aromatic rings. The van der Waals surface area contributed by atoms with Crippen LogP contribution >= 0.6 is 0 Å². The van der Waals surface area contributed by atoms with Crippen molar-refractivity contribution in [2.24, 2.45) is 5.92 Å². The molecule has 0 fully saturated rings. The first-order chi connectivity index (χ1) is 9.10. The molecule has 0 aromatic heterocycles. The smallest absolute Gasteiger partial charge is 0.251 e. The topological polar surface area (TPSA) is 67.8 Å². The summed E-state index contributed by atoms with van der Waals surface area (Å²) >= 11 is 0. The Hall–Kier alpha value is -1.75. The molecule has 0 unspecified atom stereocenters. The van der Waals surface area contributed by atoms with Gasteiger partial charge in [0.15, 0.2) is 11.5 Å². The molecule has 5 heteroatoms. The quantitative estimate of drug-likeness (QED) is 0.847. The van der Waals surface area contributed by atoms with Gasteiger partial charge in [0.05, 0.1) is 12.6 Å². The van der Waals surface area contributed by atoms with Gasteiger partial charge in [0.2, 0.25) is 6.79 Å². The molecule has 1 aliphatic rings. The van der Waals surface area contributed by atoms with E-state index in [0.29, 0.717) is 23.0 Å². The van der Waals surface area contributed by atoms with E-state index in [2.05, 4.69) is 19.2 Å². The Bertz CT molecular complexity index is 459. The summed E-state index contributed by atoms with van der Waals surface area (Å²) in [5.74, 6) is 1.43. The summed E-state index contributed by atoms with van der Waals surface area (Å²) in [4.78, 5) is 12.1. The Labute approximate surface area is 112 Å². The van der Waals surface area contributed by atoms with Crippen LogP contribution < -0.4 is 14.8 Å². The van der Waals surface area contributed by atoms with Crippen LogP contribution in [-0.2, 0) is 0 Å². The van der Waals surface area contributed by atoms with E-state index in [-0.39, 0.29) is 25.3 Å². The second-order valence-electron chi connectivity index (χ2n) is 5.05. The van der Waals surface area contributed by atoms with Crippen molar-refractivity contribution < 1.29 is 19.4 Å². The second-order valence-corrected chi connectivity index (χ2v) is 5.05. The maximum atomic E-state index is 12.1. The minimum Gasteiger partial charge on any atom is -0.454 e. The van der Waals surface area contributed by atoms with Gasteiger partial charge in [0.1, 0.15) is 0 Å². The van der Waals surface area contributed by atoms with E-state index >= 15 is 0 Å². The van der Waals surface area contributed by atoms with Gasteiger partial charge in [-0.1, -0.05) is 13.8 Å². The number of aliphatic hydroxyl groups is 1. The third kappa shape index (κ3) is 3.38. The maximum absolute atomic E-state index is 12.1. The number of carbonyl (C=O) groups is 1. The van der Waals surface area contributed by atoms with Crippen LogP contribution in [0.3, 0.4) is 0 Å². The average molecular weight is 265 g/mol. The molecule has 2 N–H and O–H groups in total. The van der Waals surface area contributed by atoms with Gasteiger partial charge in [-0.25, -0.2) is 0 Å². The molecule has 1 atom stereocenters. The van der Waals surface area contributed by atoms with Crippen molar-refractivity contribution in [1.29, 1.82) is 0 Å². The standard InChI is InChI=1S/C14H19NO4/c1-9(2)5-11(7-16)15-14(17)10-3-4-12-13(6-10)19-8-18-12/h3-4,6,9,11,16H,5,7-8H2,1-2H3,(H,15,17)/t11-/m0/s1. The number of nitrogens with one attached hydrogen (secondary N) is 1. The molecule has 1 heterocycles. The number of benzene rings is 1. The van der Waals surface area contributed by atoms with Crippen molar-refractivity contribution in [3.63, 3.8) is 0 Å². The Balaban J connectivity index is 2.03. The summed E-state index contributed by atoms with van der Waals surface area (Å²) in [6.07, 6.45) is 0.743. The molecule has 104 valence electrons. The zero-order valence-electron chi connectivity index (χ0n) is 11.2. The van der Waals surface area contributed by atoms with Crippen LogP contribution in [-0.4, -0.2) is 30.5 Å². The van der Waals surface area contributed by atoms with Gasteiger partial charge in [-0.15, -0.1) is 0 Å². The molecule has 1 amide bonds. The van der Waals surface area contributed by atoms with E-state index in [0.717, 1.165) is 6.42 Å². The number of fused-ring (bicyclic) bond motifs is 1. The van der Waals surface area contributed by atoms with Gasteiger partial charge in [0, 0.05) is 5.56 Å². The Kier molecular flexibility index (Phi) is 4.27. The lowest BCUT2D eigenvalue weighted by atomic mass is 10.0. The van der Waals surface area contributed by atoms with Crippen LogP contribution in [0.1, 0.15) is 30.6 Å². The molecule has 0 aliphatic carbocycles. The SMILES string of the molecule is CC(C)C[C@@H](CO)NC(=O)c1ccc2c(c1)OCO2. The summed E-state index contributed by atoms with van der Waals surface area (Å²) in [5.41, 5.74) is 0.506. The lowest BCUT2D eigenvalue weighted by Crippen LogP contribution is -2.38. The van der Waals surface area contributed by atoms with Gasteiger partial charge in [0.25, 0.3) is 5.91 Å². The number of aliphatic hydroxyl groups excluding tert-OH is 1. The molecule has 0 saturated carbocycles. The fourth-order valence-electron chi connectivity index (χ4n) is 2.05. The zero-order valence-corrected chi connectivity index (χ0v) is 11.2. The van der Waals surface area contributed by atoms with E-state index in [4.69, 9.17) is 9.47 Å². The van der Waals surface area contributed by atoms with Crippen molar-refractivity contribution in [2.45, 2.75) is 26.3 Å². The van der Waals surface area contributed by atoms with E-state index < -0.39 is 0 Å². The van der Waals surface area contributed by atoms with Crippen LogP contribution in [0.25, 0.3) is 0 Å². The zero-order chi connectivity index (χ0) is 13.8. The van der Waals surface area contributed by atoms with Crippen molar-refractivity contribution in [2.75, 3.05) is 13.4 Å². The summed E-state index contributed by atoms with van der Waals surface area (Å²) in [6, 6.07) is 4.83. The third-order valence-electron chi connectivity index (χ3n) is 2.95. The Morgan fingerprint density at radius 3 is 2.79 bits per heavy atom. The molecule has 2 rings (SSSR count). The molecule has 1 aromatic carbocycles. The molecule has 1 aliphatic heterocycles. The molecule has 0 spiro atoms. The number of hydrogen-bond donors (Lipinski definition) is 2. The lowest BCUT2D eigenvalue weighted by Gasteiger charge is -2.18. The molecule has 0 saturated heterocycles. The number of carbonyl (C=O) groups excluding carboxylic acids is 1. The fourth-order valence-corrected chi connectivity index (χ4v) is 2.05. The van der Waals surface area contributed by atoms with Gasteiger partial charge in [-0.05, 0) is 30.5 Å². The summed E-state index contributed by atoms with van der Waals surface area (Å²) in [7, 11) is 0. The van der Waals surface area contributed by atoms with Gasteiger partial charge >= 0.3 is 0 Å². The van der Waals surface area contributed by atoms with Gasteiger partial charge < -0.3 is 19.9 Å². The lowest BCUT2D eigenvalue weighted by molar-refractivity contribution is 0.0908. The first-order valence-corrected chi connectivity index (χ1v) is 6.41. The summed E-state index contributed by atoms with van der Waals surface area (Å²) in [5, 5.41) is 12.1. The molecular weight excluding hydrogens is 246 g/mol.